The largest absolute Gasteiger partial charge is 0.475 e. The highest BCUT2D eigenvalue weighted by atomic mass is 16.5. The van der Waals surface area contributed by atoms with Crippen LogP contribution >= 0.6 is 0 Å². The van der Waals surface area contributed by atoms with Crippen molar-refractivity contribution in [2.24, 2.45) is 0 Å². The Morgan fingerprint density at radius 1 is 0.800 bits per heavy atom. The molecule has 0 fully saturated rings. The Morgan fingerprint density at radius 2 is 1.48 bits per heavy atom. The van der Waals surface area contributed by atoms with Crippen LogP contribution in [-0.2, 0) is 0 Å². The molecular formula is C21H14O4. The highest BCUT2D eigenvalue weighted by molar-refractivity contribution is 5.91. The zero-order chi connectivity index (χ0) is 17.2. The van der Waals surface area contributed by atoms with Crippen LogP contribution in [0, 0.1) is 0 Å². The normalized spacial score (nSPS) is 10.7. The summed E-state index contributed by atoms with van der Waals surface area (Å²) in [4.78, 5) is 11.0. The van der Waals surface area contributed by atoms with E-state index >= 15 is 0 Å². The molecule has 4 heteroatoms. The van der Waals surface area contributed by atoms with Gasteiger partial charge >= 0.3 is 5.97 Å². The van der Waals surface area contributed by atoms with Gasteiger partial charge in [0, 0.05) is 5.39 Å². The highest BCUT2D eigenvalue weighted by Gasteiger charge is 2.11. The summed E-state index contributed by atoms with van der Waals surface area (Å²) in [6.07, 6.45) is 0. The van der Waals surface area contributed by atoms with Crippen molar-refractivity contribution < 1.29 is 19.1 Å². The first-order valence-corrected chi connectivity index (χ1v) is 7.79. The lowest BCUT2D eigenvalue weighted by Crippen LogP contribution is -1.91. The van der Waals surface area contributed by atoms with Gasteiger partial charge in [-0.3, -0.25) is 0 Å². The molecule has 4 nitrogen and oxygen atoms in total. The van der Waals surface area contributed by atoms with Crippen LogP contribution in [0.1, 0.15) is 10.6 Å². The van der Waals surface area contributed by atoms with E-state index in [0.29, 0.717) is 22.5 Å². The Bertz CT molecular complexity index is 1030. The van der Waals surface area contributed by atoms with E-state index in [1.54, 1.807) is 18.2 Å². The van der Waals surface area contributed by atoms with E-state index in [1.807, 2.05) is 42.5 Å². The third kappa shape index (κ3) is 3.10. The number of furan rings is 1. The quantitative estimate of drug-likeness (QED) is 0.530. The molecule has 0 atom stereocenters. The molecule has 0 radical (unpaired) electrons. The Hall–Kier alpha value is -3.53. The number of ether oxygens (including phenoxy) is 1. The van der Waals surface area contributed by atoms with Crippen molar-refractivity contribution in [1.29, 1.82) is 0 Å². The SMILES string of the molecule is O=C(O)c1cc2cc(Oc3ccc(-c4ccccc4)cc3)ccc2o1. The number of fused-ring (bicyclic) bond motifs is 1. The fourth-order valence-electron chi connectivity index (χ4n) is 2.67. The molecule has 0 bridgehead atoms. The van der Waals surface area contributed by atoms with E-state index in [2.05, 4.69) is 12.1 Å². The van der Waals surface area contributed by atoms with Crippen LogP contribution in [-0.4, -0.2) is 11.1 Å². The Kier molecular flexibility index (Phi) is 3.71. The number of hydrogen-bond acceptors (Lipinski definition) is 3. The second-order valence-electron chi connectivity index (χ2n) is 5.61. The molecule has 0 spiro atoms. The Balaban J connectivity index is 1.57. The van der Waals surface area contributed by atoms with Gasteiger partial charge in [0.15, 0.2) is 0 Å². The smallest absolute Gasteiger partial charge is 0.371 e. The molecule has 0 unspecified atom stereocenters. The lowest BCUT2D eigenvalue weighted by molar-refractivity contribution is 0.0665. The number of aromatic carboxylic acids is 1. The van der Waals surface area contributed by atoms with Gasteiger partial charge in [-0.25, -0.2) is 4.79 Å². The number of carboxylic acids is 1. The van der Waals surface area contributed by atoms with Crippen LogP contribution in [0.2, 0.25) is 0 Å². The first-order chi connectivity index (χ1) is 12.2. The van der Waals surface area contributed by atoms with Gasteiger partial charge in [0.2, 0.25) is 5.76 Å². The van der Waals surface area contributed by atoms with Crippen molar-refractivity contribution in [3.05, 3.63) is 84.6 Å². The second kappa shape index (κ2) is 6.17. The van der Waals surface area contributed by atoms with Gasteiger partial charge in [0.25, 0.3) is 0 Å². The maximum Gasteiger partial charge on any atom is 0.371 e. The van der Waals surface area contributed by atoms with Crippen molar-refractivity contribution in [1.82, 2.24) is 0 Å². The summed E-state index contributed by atoms with van der Waals surface area (Å²) in [6.45, 7) is 0. The van der Waals surface area contributed by atoms with E-state index in [4.69, 9.17) is 14.3 Å². The fourth-order valence-corrected chi connectivity index (χ4v) is 2.67. The molecule has 1 heterocycles. The Labute approximate surface area is 143 Å². The van der Waals surface area contributed by atoms with Crippen LogP contribution < -0.4 is 4.74 Å². The number of hydrogen-bond donors (Lipinski definition) is 1. The number of carbonyl (C=O) groups is 1. The zero-order valence-electron chi connectivity index (χ0n) is 13.2. The molecule has 122 valence electrons. The summed E-state index contributed by atoms with van der Waals surface area (Å²) >= 11 is 0. The second-order valence-corrected chi connectivity index (χ2v) is 5.61. The van der Waals surface area contributed by atoms with Crippen LogP contribution in [0.25, 0.3) is 22.1 Å². The first kappa shape index (κ1) is 15.0. The minimum absolute atomic E-state index is 0.0839. The molecule has 4 rings (SSSR count). The summed E-state index contributed by atoms with van der Waals surface area (Å²) in [7, 11) is 0. The monoisotopic (exact) mass is 330 g/mol. The summed E-state index contributed by atoms with van der Waals surface area (Å²) in [5.41, 5.74) is 2.78. The average molecular weight is 330 g/mol. The van der Waals surface area contributed by atoms with Gasteiger partial charge in [0.05, 0.1) is 0 Å². The molecule has 0 aliphatic heterocycles. The first-order valence-electron chi connectivity index (χ1n) is 7.79. The van der Waals surface area contributed by atoms with Gasteiger partial charge in [-0.15, -0.1) is 0 Å². The number of carboxylic acid groups (broad SMARTS) is 1. The minimum atomic E-state index is -1.09. The summed E-state index contributed by atoms with van der Waals surface area (Å²) in [5.74, 6) is 0.160. The van der Waals surface area contributed by atoms with E-state index in [1.165, 1.54) is 6.07 Å². The van der Waals surface area contributed by atoms with E-state index in [9.17, 15) is 4.79 Å². The lowest BCUT2D eigenvalue weighted by atomic mass is 10.1. The van der Waals surface area contributed by atoms with Crippen molar-refractivity contribution in [3.8, 4) is 22.6 Å². The predicted octanol–water partition coefficient (Wildman–Crippen LogP) is 5.59. The molecule has 0 saturated heterocycles. The van der Waals surface area contributed by atoms with Gasteiger partial charge in [-0.1, -0.05) is 42.5 Å². The summed E-state index contributed by atoms with van der Waals surface area (Å²) in [5, 5.41) is 9.68. The van der Waals surface area contributed by atoms with Crippen LogP contribution in [0.15, 0.2) is 83.3 Å². The van der Waals surface area contributed by atoms with Crippen molar-refractivity contribution in [2.45, 2.75) is 0 Å². The standard InChI is InChI=1S/C21H14O4/c22-21(23)20-13-16-12-18(10-11-19(16)25-20)24-17-8-6-15(7-9-17)14-4-2-1-3-5-14/h1-13H,(H,22,23). The van der Waals surface area contributed by atoms with Crippen molar-refractivity contribution in [2.75, 3.05) is 0 Å². The maximum atomic E-state index is 11.0. The predicted molar refractivity (Wildman–Crippen MR) is 95.1 cm³/mol. The number of benzene rings is 3. The van der Waals surface area contributed by atoms with E-state index in [-0.39, 0.29) is 5.76 Å². The molecule has 1 N–H and O–H groups in total. The lowest BCUT2D eigenvalue weighted by Gasteiger charge is -2.07. The Morgan fingerprint density at radius 3 is 2.20 bits per heavy atom. The molecule has 1 aromatic heterocycles. The summed E-state index contributed by atoms with van der Waals surface area (Å²) in [6, 6.07) is 24.6. The summed E-state index contributed by atoms with van der Waals surface area (Å²) < 4.78 is 11.1. The third-order valence-corrected chi connectivity index (χ3v) is 3.90. The van der Waals surface area contributed by atoms with Gasteiger partial charge in [-0.05, 0) is 47.5 Å². The molecule has 25 heavy (non-hydrogen) atoms. The minimum Gasteiger partial charge on any atom is -0.475 e. The molecule has 0 aliphatic rings. The van der Waals surface area contributed by atoms with E-state index < -0.39 is 5.97 Å². The highest BCUT2D eigenvalue weighted by Crippen LogP contribution is 2.29. The number of rotatable bonds is 4. The molecule has 3 aromatic carbocycles. The average Bonchev–Trinajstić information content (AvgIpc) is 3.07. The molecule has 0 amide bonds. The maximum absolute atomic E-state index is 11.0. The molecule has 0 aliphatic carbocycles. The van der Waals surface area contributed by atoms with Crippen molar-refractivity contribution >= 4 is 16.9 Å². The van der Waals surface area contributed by atoms with Crippen molar-refractivity contribution in [3.63, 3.8) is 0 Å². The van der Waals surface area contributed by atoms with Gasteiger partial charge < -0.3 is 14.3 Å². The van der Waals surface area contributed by atoms with Crippen LogP contribution in [0.3, 0.4) is 0 Å². The van der Waals surface area contributed by atoms with Crippen LogP contribution in [0.5, 0.6) is 11.5 Å². The van der Waals surface area contributed by atoms with E-state index in [0.717, 1.165) is 11.1 Å². The molecule has 4 aromatic rings. The fraction of sp³-hybridized carbons (Fsp3) is 0. The van der Waals surface area contributed by atoms with Gasteiger partial charge in [-0.2, -0.15) is 0 Å². The molecular weight excluding hydrogens is 316 g/mol. The topological polar surface area (TPSA) is 59.7 Å². The van der Waals surface area contributed by atoms with Gasteiger partial charge in [0.1, 0.15) is 17.1 Å². The molecule has 0 saturated carbocycles. The third-order valence-electron chi connectivity index (χ3n) is 3.90. The zero-order valence-corrected chi connectivity index (χ0v) is 13.2. The van der Waals surface area contributed by atoms with Crippen LogP contribution in [0.4, 0.5) is 0 Å².